The zero-order valence-corrected chi connectivity index (χ0v) is 14.6. The summed E-state index contributed by atoms with van der Waals surface area (Å²) in [5.41, 5.74) is 1.40. The van der Waals surface area contributed by atoms with E-state index >= 15 is 0 Å². The number of rotatable bonds is 5. The average Bonchev–Trinajstić information content (AvgIpc) is 3.06. The lowest BCUT2D eigenvalue weighted by Gasteiger charge is -2.19. The van der Waals surface area contributed by atoms with Crippen molar-refractivity contribution in [1.82, 2.24) is 0 Å². The van der Waals surface area contributed by atoms with Crippen LogP contribution in [0.3, 0.4) is 0 Å². The third kappa shape index (κ3) is 4.19. The number of nitrogens with one attached hydrogen (secondary N) is 1. The first kappa shape index (κ1) is 17.0. The molecule has 2 aromatic carbocycles. The Morgan fingerprint density at radius 1 is 1.08 bits per heavy atom. The molecule has 0 aliphatic carbocycles. The minimum absolute atomic E-state index is 0.0200. The third-order valence-electron chi connectivity index (χ3n) is 3.96. The summed E-state index contributed by atoms with van der Waals surface area (Å²) in [4.78, 5) is 2.12. The Kier molecular flexibility index (Phi) is 4.96. The molecule has 1 fully saturated rings. The summed E-state index contributed by atoms with van der Waals surface area (Å²) in [5, 5.41) is 0.536. The first-order valence-electron chi connectivity index (χ1n) is 7.72. The molecule has 2 aromatic rings. The quantitative estimate of drug-likeness (QED) is 0.867. The summed E-state index contributed by atoms with van der Waals surface area (Å²) in [6.07, 6.45) is 2.18. The predicted octanol–water partition coefficient (Wildman–Crippen LogP) is 4.02. The van der Waals surface area contributed by atoms with Crippen molar-refractivity contribution in [1.29, 1.82) is 0 Å². The summed E-state index contributed by atoms with van der Waals surface area (Å²) < 4.78 is 41.0. The average molecular weight is 369 g/mol. The van der Waals surface area contributed by atoms with E-state index in [9.17, 15) is 12.8 Å². The molecule has 0 aromatic heterocycles. The van der Waals surface area contributed by atoms with Crippen LogP contribution in [-0.4, -0.2) is 21.5 Å². The number of anilines is 2. The van der Waals surface area contributed by atoms with Gasteiger partial charge in [0.25, 0.3) is 0 Å². The number of halogens is 2. The molecule has 0 unspecified atom stereocenters. The summed E-state index contributed by atoms with van der Waals surface area (Å²) in [5.74, 6) is -0.824. The number of hydrogen-bond donors (Lipinski definition) is 1. The molecule has 0 amide bonds. The van der Waals surface area contributed by atoms with Gasteiger partial charge < -0.3 is 4.90 Å². The van der Waals surface area contributed by atoms with Crippen LogP contribution in [0, 0.1) is 5.82 Å². The second-order valence-electron chi connectivity index (χ2n) is 5.85. The highest BCUT2D eigenvalue weighted by atomic mass is 35.5. The standard InChI is InChI=1S/C17H18ClFN2O2S/c18-14-5-3-13(4-6-14)12-24(22,23)20-17-11-15(7-8-16(17)19)21-9-1-2-10-21/h3-8,11,20H,1-2,9-10,12H2. The largest absolute Gasteiger partial charge is 0.371 e. The molecule has 7 heteroatoms. The van der Waals surface area contributed by atoms with E-state index in [4.69, 9.17) is 11.6 Å². The van der Waals surface area contributed by atoms with Crippen molar-refractivity contribution in [2.45, 2.75) is 18.6 Å². The number of hydrogen-bond acceptors (Lipinski definition) is 3. The summed E-state index contributed by atoms with van der Waals surface area (Å²) in [6.45, 7) is 1.81. The lowest BCUT2D eigenvalue weighted by molar-refractivity contribution is 0.598. The van der Waals surface area contributed by atoms with Crippen LogP contribution in [0.4, 0.5) is 15.8 Å². The van der Waals surface area contributed by atoms with Crippen molar-refractivity contribution >= 4 is 33.0 Å². The maximum Gasteiger partial charge on any atom is 0.237 e. The highest BCUT2D eigenvalue weighted by molar-refractivity contribution is 7.91. The fraction of sp³-hybridized carbons (Fsp3) is 0.294. The van der Waals surface area contributed by atoms with E-state index in [2.05, 4.69) is 9.62 Å². The summed E-state index contributed by atoms with van der Waals surface area (Å²) in [6, 6.07) is 11.1. The molecule has 128 valence electrons. The molecule has 1 N–H and O–H groups in total. The molecule has 4 nitrogen and oxygen atoms in total. The molecular weight excluding hydrogens is 351 g/mol. The van der Waals surface area contributed by atoms with E-state index in [1.54, 1.807) is 36.4 Å². The molecule has 1 saturated heterocycles. The van der Waals surface area contributed by atoms with Gasteiger partial charge in [-0.05, 0) is 48.7 Å². The van der Waals surface area contributed by atoms with E-state index in [-0.39, 0.29) is 11.4 Å². The van der Waals surface area contributed by atoms with Gasteiger partial charge in [-0.2, -0.15) is 0 Å². The monoisotopic (exact) mass is 368 g/mol. The lowest BCUT2D eigenvalue weighted by atomic mass is 10.2. The maximum atomic E-state index is 14.0. The van der Waals surface area contributed by atoms with Gasteiger partial charge in [-0.25, -0.2) is 12.8 Å². The van der Waals surface area contributed by atoms with Crippen molar-refractivity contribution in [3.05, 3.63) is 58.9 Å². The van der Waals surface area contributed by atoms with Crippen LogP contribution in [-0.2, 0) is 15.8 Å². The van der Waals surface area contributed by atoms with Crippen LogP contribution >= 0.6 is 11.6 Å². The first-order chi connectivity index (χ1) is 11.4. The zero-order chi connectivity index (χ0) is 17.2. The number of sulfonamides is 1. The van der Waals surface area contributed by atoms with Crippen molar-refractivity contribution in [3.63, 3.8) is 0 Å². The molecule has 1 aliphatic heterocycles. The Labute approximate surface area is 146 Å². The molecule has 24 heavy (non-hydrogen) atoms. The molecule has 0 atom stereocenters. The molecule has 0 saturated carbocycles. The van der Waals surface area contributed by atoms with Crippen molar-refractivity contribution in [2.75, 3.05) is 22.7 Å². The molecular formula is C17H18ClFN2O2S. The normalized spacial score (nSPS) is 14.8. The van der Waals surface area contributed by atoms with Gasteiger partial charge in [0.05, 0.1) is 11.4 Å². The Morgan fingerprint density at radius 3 is 2.42 bits per heavy atom. The molecule has 1 heterocycles. The van der Waals surface area contributed by atoms with Gasteiger partial charge in [0.15, 0.2) is 0 Å². The SMILES string of the molecule is O=S(=O)(Cc1ccc(Cl)cc1)Nc1cc(N2CCCC2)ccc1F. The van der Waals surface area contributed by atoms with Crippen LogP contribution in [0.5, 0.6) is 0 Å². The van der Waals surface area contributed by atoms with E-state index in [0.717, 1.165) is 31.6 Å². The molecule has 0 radical (unpaired) electrons. The van der Waals surface area contributed by atoms with Gasteiger partial charge in [-0.15, -0.1) is 0 Å². The molecule has 0 spiro atoms. The number of nitrogens with zero attached hydrogens (tertiary/aromatic N) is 1. The lowest BCUT2D eigenvalue weighted by Crippen LogP contribution is -2.19. The van der Waals surface area contributed by atoms with Crippen LogP contribution < -0.4 is 9.62 Å². The predicted molar refractivity (Wildman–Crippen MR) is 95.5 cm³/mol. The van der Waals surface area contributed by atoms with E-state index < -0.39 is 15.8 Å². The van der Waals surface area contributed by atoms with Gasteiger partial charge in [0.1, 0.15) is 5.82 Å². The van der Waals surface area contributed by atoms with E-state index in [1.165, 1.54) is 6.07 Å². The fourth-order valence-corrected chi connectivity index (χ4v) is 4.09. The maximum absolute atomic E-state index is 14.0. The molecule has 0 bridgehead atoms. The van der Waals surface area contributed by atoms with Crippen LogP contribution in [0.2, 0.25) is 5.02 Å². The topological polar surface area (TPSA) is 49.4 Å². The van der Waals surface area contributed by atoms with Crippen LogP contribution in [0.15, 0.2) is 42.5 Å². The number of benzene rings is 2. The second-order valence-corrected chi connectivity index (χ2v) is 8.00. The van der Waals surface area contributed by atoms with Crippen LogP contribution in [0.25, 0.3) is 0 Å². The Morgan fingerprint density at radius 2 is 1.75 bits per heavy atom. The van der Waals surface area contributed by atoms with Crippen molar-refractivity contribution in [2.24, 2.45) is 0 Å². The van der Waals surface area contributed by atoms with Gasteiger partial charge >= 0.3 is 0 Å². The Bertz CT molecular complexity index is 819. The second kappa shape index (κ2) is 6.99. The Balaban J connectivity index is 1.78. The highest BCUT2D eigenvalue weighted by Crippen LogP contribution is 2.26. The molecule has 3 rings (SSSR count). The third-order valence-corrected chi connectivity index (χ3v) is 5.45. The summed E-state index contributed by atoms with van der Waals surface area (Å²) in [7, 11) is -3.71. The smallest absolute Gasteiger partial charge is 0.237 e. The summed E-state index contributed by atoms with van der Waals surface area (Å²) >= 11 is 5.79. The Hall–Kier alpha value is -1.79. The van der Waals surface area contributed by atoms with Crippen molar-refractivity contribution in [3.8, 4) is 0 Å². The fourth-order valence-electron chi connectivity index (χ4n) is 2.77. The van der Waals surface area contributed by atoms with Gasteiger partial charge in [-0.1, -0.05) is 23.7 Å². The minimum Gasteiger partial charge on any atom is -0.371 e. The van der Waals surface area contributed by atoms with E-state index in [0.29, 0.717) is 10.6 Å². The van der Waals surface area contributed by atoms with Gasteiger partial charge in [0, 0.05) is 23.8 Å². The molecule has 1 aliphatic rings. The highest BCUT2D eigenvalue weighted by Gasteiger charge is 2.18. The van der Waals surface area contributed by atoms with Gasteiger partial charge in [-0.3, -0.25) is 4.72 Å². The van der Waals surface area contributed by atoms with Crippen LogP contribution in [0.1, 0.15) is 18.4 Å². The first-order valence-corrected chi connectivity index (χ1v) is 9.75. The van der Waals surface area contributed by atoms with E-state index in [1.807, 2.05) is 0 Å². The van der Waals surface area contributed by atoms with Crippen molar-refractivity contribution < 1.29 is 12.8 Å². The minimum atomic E-state index is -3.71. The van der Waals surface area contributed by atoms with Gasteiger partial charge in [0.2, 0.25) is 10.0 Å². The zero-order valence-electron chi connectivity index (χ0n) is 13.0.